The Hall–Kier alpha value is -0.220. The fraction of sp³-hybridized carbons (Fsp3) is 0.963. The molecule has 1 N–H and O–H groups in total. The van der Waals surface area contributed by atoms with Crippen molar-refractivity contribution in [2.24, 2.45) is 5.41 Å². The van der Waals surface area contributed by atoms with E-state index in [4.69, 9.17) is 4.74 Å². The van der Waals surface area contributed by atoms with Crippen molar-refractivity contribution in [3.05, 3.63) is 0 Å². The summed E-state index contributed by atoms with van der Waals surface area (Å²) in [5, 5.41) is 3.07. The zero-order valence-corrected chi connectivity index (χ0v) is 24.9. The Morgan fingerprint density at radius 3 is 1.58 bits per heavy atom. The second-order valence-corrected chi connectivity index (χ2v) is 8.06. The topological polar surface area (TPSA) is 38.3 Å². The van der Waals surface area contributed by atoms with E-state index >= 15 is 0 Å². The van der Waals surface area contributed by atoms with E-state index in [2.05, 4.69) is 45.6 Å². The maximum atomic E-state index is 12.3. The summed E-state index contributed by atoms with van der Waals surface area (Å²) in [7, 11) is 0. The minimum absolute atomic E-state index is 0.107. The molecule has 4 heteroatoms. The Balaban J connectivity index is -0.000000250. The predicted octanol–water partition coefficient (Wildman–Crippen LogP) is 9.10. The van der Waals surface area contributed by atoms with Gasteiger partial charge in [0, 0.05) is 6.54 Å². The summed E-state index contributed by atoms with van der Waals surface area (Å²) >= 11 is 3.53. The summed E-state index contributed by atoms with van der Waals surface area (Å²) in [5.41, 5.74) is -0.614. The number of hydrogen-bond donors (Lipinski definition) is 2. The number of thiol groups is 1. The zero-order valence-electron chi connectivity index (χ0n) is 24.0. The Morgan fingerprint density at radius 2 is 1.16 bits per heavy atom. The number of ether oxygens (including phenoxy) is 1. The first-order chi connectivity index (χ1) is 14.7. The molecule has 0 aromatic carbocycles. The van der Waals surface area contributed by atoms with Crippen molar-refractivity contribution in [3.63, 3.8) is 0 Å². The van der Waals surface area contributed by atoms with Gasteiger partial charge in [-0.15, -0.1) is 0 Å². The van der Waals surface area contributed by atoms with Gasteiger partial charge in [0.25, 0.3) is 0 Å². The van der Waals surface area contributed by atoms with E-state index in [1.165, 1.54) is 38.5 Å². The third kappa shape index (κ3) is 32.0. The van der Waals surface area contributed by atoms with Gasteiger partial charge in [-0.1, -0.05) is 100 Å². The van der Waals surface area contributed by atoms with E-state index < -0.39 is 5.41 Å². The van der Waals surface area contributed by atoms with Crippen molar-refractivity contribution < 1.29 is 9.53 Å². The molecule has 0 aliphatic heterocycles. The van der Waals surface area contributed by atoms with Crippen LogP contribution in [0.3, 0.4) is 0 Å². The fourth-order valence-electron chi connectivity index (χ4n) is 2.64. The highest BCUT2D eigenvalue weighted by molar-refractivity contribution is 7.79. The van der Waals surface area contributed by atoms with Crippen LogP contribution in [-0.4, -0.2) is 30.9 Å². The van der Waals surface area contributed by atoms with Gasteiger partial charge in [-0.25, -0.2) is 0 Å². The summed E-state index contributed by atoms with van der Waals surface area (Å²) < 4.78 is 5.98. The van der Waals surface area contributed by atoms with Crippen molar-refractivity contribution in [1.82, 2.24) is 5.32 Å². The van der Waals surface area contributed by atoms with Crippen LogP contribution in [-0.2, 0) is 9.53 Å². The van der Waals surface area contributed by atoms with Gasteiger partial charge < -0.3 is 10.1 Å². The average Bonchev–Trinajstić information content (AvgIpc) is 2.79. The van der Waals surface area contributed by atoms with Crippen molar-refractivity contribution in [2.45, 2.75) is 146 Å². The molecule has 0 bridgehead atoms. The van der Waals surface area contributed by atoms with Gasteiger partial charge in [-0.3, -0.25) is 4.79 Å². The number of carbonyl (C=O) groups is 1. The third-order valence-corrected chi connectivity index (χ3v) is 4.36. The molecule has 0 atom stereocenters. The number of amides is 1. The highest BCUT2D eigenvalue weighted by Gasteiger charge is 2.30. The summed E-state index contributed by atoms with van der Waals surface area (Å²) in [6.07, 6.45) is 12.7. The molecule has 194 valence electrons. The number of rotatable bonds is 14. The van der Waals surface area contributed by atoms with Crippen LogP contribution in [0.4, 0.5) is 0 Å². The van der Waals surface area contributed by atoms with Crippen molar-refractivity contribution in [3.8, 4) is 0 Å². The van der Waals surface area contributed by atoms with Crippen LogP contribution in [0.15, 0.2) is 0 Å². The van der Waals surface area contributed by atoms with Gasteiger partial charge in [0.1, 0.15) is 0 Å². The third-order valence-electron chi connectivity index (χ3n) is 4.36. The van der Waals surface area contributed by atoms with Crippen LogP contribution in [0.25, 0.3) is 0 Å². The van der Waals surface area contributed by atoms with Crippen molar-refractivity contribution >= 4 is 18.5 Å². The SMILES string of the molecule is CC.CC.CC.CCCCCCCCCNC(=O)C(C)(C)COC(C)(C)CCC.CS. The number of nitrogens with one attached hydrogen (secondary N) is 1. The average molecular weight is 466 g/mol. The highest BCUT2D eigenvalue weighted by Crippen LogP contribution is 2.23. The molecule has 3 nitrogen and oxygen atoms in total. The molecule has 0 rings (SSSR count). The molecule has 31 heavy (non-hydrogen) atoms. The highest BCUT2D eigenvalue weighted by atomic mass is 32.1. The second-order valence-electron chi connectivity index (χ2n) is 8.06. The first-order valence-electron chi connectivity index (χ1n) is 13.1. The molecule has 0 heterocycles. The quantitative estimate of drug-likeness (QED) is 0.198. The van der Waals surface area contributed by atoms with Gasteiger partial charge in [0.15, 0.2) is 0 Å². The fourth-order valence-corrected chi connectivity index (χ4v) is 2.64. The summed E-state index contributed by atoms with van der Waals surface area (Å²) in [6, 6.07) is 0. The largest absolute Gasteiger partial charge is 0.374 e. The van der Waals surface area contributed by atoms with E-state index in [-0.39, 0.29) is 11.5 Å². The molecule has 0 fully saturated rings. The Kier molecular flexibility index (Phi) is 42.3. The van der Waals surface area contributed by atoms with Crippen molar-refractivity contribution in [1.29, 1.82) is 0 Å². The van der Waals surface area contributed by atoms with Gasteiger partial charge in [-0.2, -0.15) is 12.6 Å². The van der Waals surface area contributed by atoms with Crippen LogP contribution in [0.5, 0.6) is 0 Å². The second kappa shape index (κ2) is 32.0. The minimum Gasteiger partial charge on any atom is -0.374 e. The van der Waals surface area contributed by atoms with Crippen LogP contribution in [0.2, 0.25) is 0 Å². The first-order valence-corrected chi connectivity index (χ1v) is 14.0. The van der Waals surface area contributed by atoms with Crippen LogP contribution >= 0.6 is 12.6 Å². The smallest absolute Gasteiger partial charge is 0.227 e. The van der Waals surface area contributed by atoms with E-state index in [0.29, 0.717) is 6.61 Å². The normalized spacial score (nSPS) is 10.0. The summed E-state index contributed by atoms with van der Waals surface area (Å²) in [6.45, 7) is 25.8. The van der Waals surface area contributed by atoms with Crippen LogP contribution < -0.4 is 5.32 Å². The Bertz CT molecular complexity index is 318. The zero-order chi connectivity index (χ0) is 25.8. The number of unbranched alkanes of at least 4 members (excludes halogenated alkanes) is 6. The Morgan fingerprint density at radius 1 is 0.742 bits per heavy atom. The molecule has 0 aliphatic carbocycles. The standard InChI is InChI=1S/C20H41NO2.3C2H6.CH4S/c1-7-9-10-11-12-13-14-16-21-18(22)19(3,4)17-23-20(5,6)15-8-2;4*1-2/h7-17H2,1-6H3,(H,21,22);3*1-2H3;2H,1H3. The lowest BCUT2D eigenvalue weighted by atomic mass is 9.92. The molecule has 0 aliphatic rings. The number of carbonyl (C=O) groups excluding carboxylic acids is 1. The summed E-state index contributed by atoms with van der Waals surface area (Å²) in [5.74, 6) is 0.107. The molecular weight excluding hydrogens is 402 g/mol. The molecule has 0 radical (unpaired) electrons. The predicted molar refractivity (Wildman–Crippen MR) is 149 cm³/mol. The number of hydrogen-bond acceptors (Lipinski definition) is 3. The lowest BCUT2D eigenvalue weighted by Crippen LogP contribution is -2.42. The van der Waals surface area contributed by atoms with Crippen LogP contribution in [0.1, 0.15) is 141 Å². The van der Waals surface area contributed by atoms with E-state index in [1.54, 1.807) is 6.26 Å². The minimum atomic E-state index is -0.466. The molecule has 0 saturated carbocycles. The van der Waals surface area contributed by atoms with E-state index in [0.717, 1.165) is 25.8 Å². The van der Waals surface area contributed by atoms with Gasteiger partial charge in [-0.05, 0) is 46.8 Å². The van der Waals surface area contributed by atoms with Crippen LogP contribution in [0, 0.1) is 5.41 Å². The summed E-state index contributed by atoms with van der Waals surface area (Å²) in [4.78, 5) is 12.3. The maximum absolute atomic E-state index is 12.3. The Labute approximate surface area is 204 Å². The molecule has 0 saturated heterocycles. The van der Waals surface area contributed by atoms with E-state index in [9.17, 15) is 4.79 Å². The molecule has 1 amide bonds. The lowest BCUT2D eigenvalue weighted by molar-refractivity contribution is -0.137. The molecule has 0 aromatic heterocycles. The maximum Gasteiger partial charge on any atom is 0.227 e. The molecule has 0 aromatic rings. The van der Waals surface area contributed by atoms with Gasteiger partial charge >= 0.3 is 0 Å². The lowest BCUT2D eigenvalue weighted by Gasteiger charge is -2.31. The van der Waals surface area contributed by atoms with Crippen molar-refractivity contribution in [2.75, 3.05) is 19.4 Å². The van der Waals surface area contributed by atoms with Gasteiger partial charge in [0.2, 0.25) is 5.91 Å². The van der Waals surface area contributed by atoms with E-state index in [1.807, 2.05) is 55.4 Å². The molecular formula is C27H63NO2S. The molecule has 0 unspecified atom stereocenters. The molecule has 0 spiro atoms. The van der Waals surface area contributed by atoms with Gasteiger partial charge in [0.05, 0.1) is 17.6 Å². The first kappa shape index (κ1) is 41.1. The monoisotopic (exact) mass is 465 g/mol.